The Hall–Kier alpha value is -3.20. The summed E-state index contributed by atoms with van der Waals surface area (Å²) in [5, 5.41) is 14.1. The molecule has 0 aliphatic heterocycles. The zero-order chi connectivity index (χ0) is 20.5. The summed E-state index contributed by atoms with van der Waals surface area (Å²) in [6, 6.07) is 6.00. The predicted molar refractivity (Wildman–Crippen MR) is 108 cm³/mol. The lowest BCUT2D eigenvalue weighted by molar-refractivity contribution is 0.101. The van der Waals surface area contributed by atoms with Crippen molar-refractivity contribution in [2.24, 2.45) is 0 Å². The molecule has 0 radical (unpaired) electrons. The van der Waals surface area contributed by atoms with Crippen LogP contribution in [-0.4, -0.2) is 27.0 Å². The predicted octanol–water partition coefficient (Wildman–Crippen LogP) is 4.07. The maximum atomic E-state index is 14.4. The third-order valence-electron chi connectivity index (χ3n) is 4.57. The van der Waals surface area contributed by atoms with E-state index in [1.165, 1.54) is 29.7 Å². The molecule has 7 nitrogen and oxygen atoms in total. The number of hydrogen-bond acceptors (Lipinski definition) is 6. The van der Waals surface area contributed by atoms with Gasteiger partial charge in [-0.1, -0.05) is 0 Å². The maximum Gasteiger partial charge on any atom is 0.267 e. The van der Waals surface area contributed by atoms with E-state index in [9.17, 15) is 14.0 Å². The molecule has 3 aromatic rings. The molecule has 148 valence electrons. The third kappa shape index (κ3) is 4.29. The molecular weight excluding hydrogens is 393 g/mol. The number of carbonyl (C=O) groups excluding carboxylic acids is 2. The van der Waals surface area contributed by atoms with E-state index in [4.69, 9.17) is 0 Å². The Morgan fingerprint density at radius 3 is 2.52 bits per heavy atom. The van der Waals surface area contributed by atoms with Crippen LogP contribution in [0.4, 0.5) is 15.9 Å². The second kappa shape index (κ2) is 7.67. The van der Waals surface area contributed by atoms with Crippen LogP contribution >= 0.6 is 11.3 Å². The zero-order valence-corrected chi connectivity index (χ0v) is 16.6. The van der Waals surface area contributed by atoms with Crippen LogP contribution < -0.4 is 10.6 Å². The van der Waals surface area contributed by atoms with Gasteiger partial charge in [0.15, 0.2) is 5.82 Å². The van der Waals surface area contributed by atoms with Crippen LogP contribution in [-0.2, 0) is 0 Å². The maximum absolute atomic E-state index is 14.4. The van der Waals surface area contributed by atoms with Gasteiger partial charge >= 0.3 is 0 Å². The molecule has 9 heteroatoms. The van der Waals surface area contributed by atoms with Gasteiger partial charge in [0.25, 0.3) is 11.8 Å². The van der Waals surface area contributed by atoms with Gasteiger partial charge in [-0.05, 0) is 56.5 Å². The van der Waals surface area contributed by atoms with E-state index >= 15 is 0 Å². The average molecular weight is 411 g/mol. The van der Waals surface area contributed by atoms with Gasteiger partial charge < -0.3 is 10.6 Å². The number of hydrogen-bond donors (Lipinski definition) is 2. The van der Waals surface area contributed by atoms with Crippen LogP contribution in [0.15, 0.2) is 30.5 Å². The first kappa shape index (κ1) is 19.1. The molecular formula is C20H18FN5O2S. The molecule has 1 aromatic carbocycles. The van der Waals surface area contributed by atoms with E-state index in [2.05, 4.69) is 25.8 Å². The smallest absolute Gasteiger partial charge is 0.267 e. The second-order valence-corrected chi connectivity index (χ2v) is 8.15. The first-order valence-corrected chi connectivity index (χ1v) is 9.91. The van der Waals surface area contributed by atoms with Crippen molar-refractivity contribution in [3.05, 3.63) is 63.0 Å². The van der Waals surface area contributed by atoms with Gasteiger partial charge in [0.1, 0.15) is 10.7 Å². The van der Waals surface area contributed by atoms with Crippen LogP contribution in [0, 0.1) is 19.7 Å². The zero-order valence-electron chi connectivity index (χ0n) is 15.8. The first-order chi connectivity index (χ1) is 13.9. The van der Waals surface area contributed by atoms with Gasteiger partial charge in [-0.3, -0.25) is 9.59 Å². The molecule has 0 atom stereocenters. The van der Waals surface area contributed by atoms with Gasteiger partial charge in [0, 0.05) is 11.6 Å². The standard InChI is InChI=1S/C20H18FN5O2S/c1-10-7-14(21)13(8-16(10)23-20(28)17-9-22-11(2)29-17)19(27)24-18-6-5-15(25-26-18)12-3-4-12/h5-9,12H,3-4H2,1-2H3,(H,23,28)(H,24,26,27). The minimum Gasteiger partial charge on any atom is -0.321 e. The molecule has 29 heavy (non-hydrogen) atoms. The van der Waals surface area contributed by atoms with E-state index in [0.29, 0.717) is 22.0 Å². The van der Waals surface area contributed by atoms with E-state index < -0.39 is 11.7 Å². The molecule has 2 amide bonds. The SMILES string of the molecule is Cc1ncc(C(=O)Nc2cc(C(=O)Nc3ccc(C4CC4)nn3)c(F)cc2C)s1. The summed E-state index contributed by atoms with van der Waals surface area (Å²) >= 11 is 1.25. The topological polar surface area (TPSA) is 96.9 Å². The van der Waals surface area contributed by atoms with E-state index in [-0.39, 0.29) is 17.3 Å². The molecule has 0 spiro atoms. The number of aromatic nitrogens is 3. The first-order valence-electron chi connectivity index (χ1n) is 9.09. The van der Waals surface area contributed by atoms with Crippen LogP contribution in [0.25, 0.3) is 0 Å². The Morgan fingerprint density at radius 2 is 1.90 bits per heavy atom. The minimum atomic E-state index is -0.686. The van der Waals surface area contributed by atoms with Crippen molar-refractivity contribution in [2.75, 3.05) is 10.6 Å². The molecule has 1 saturated carbocycles. The average Bonchev–Trinajstić information content (AvgIpc) is 3.44. The largest absolute Gasteiger partial charge is 0.321 e. The number of carbonyl (C=O) groups is 2. The number of nitrogens with one attached hydrogen (secondary N) is 2. The van der Waals surface area contributed by atoms with E-state index in [0.717, 1.165) is 23.5 Å². The molecule has 1 aliphatic carbocycles. The molecule has 0 bridgehead atoms. The molecule has 2 heterocycles. The number of benzene rings is 1. The number of anilines is 2. The number of rotatable bonds is 5. The summed E-state index contributed by atoms with van der Waals surface area (Å²) in [6.45, 7) is 3.45. The normalized spacial score (nSPS) is 13.2. The van der Waals surface area contributed by atoms with Crippen molar-refractivity contribution in [2.45, 2.75) is 32.6 Å². The number of amides is 2. The molecule has 1 aliphatic rings. The van der Waals surface area contributed by atoms with Crippen molar-refractivity contribution < 1.29 is 14.0 Å². The summed E-state index contributed by atoms with van der Waals surface area (Å²) in [6.07, 6.45) is 3.68. The van der Waals surface area contributed by atoms with Crippen molar-refractivity contribution >= 4 is 34.7 Å². The second-order valence-electron chi connectivity index (χ2n) is 6.92. The van der Waals surface area contributed by atoms with Crippen molar-refractivity contribution in [3.8, 4) is 0 Å². The summed E-state index contributed by atoms with van der Waals surface area (Å²) in [7, 11) is 0. The number of nitrogens with zero attached hydrogens (tertiary/aromatic N) is 3. The Bertz CT molecular complexity index is 1090. The van der Waals surface area contributed by atoms with Gasteiger partial charge in [-0.25, -0.2) is 9.37 Å². The Balaban J connectivity index is 1.52. The molecule has 2 N–H and O–H groups in total. The number of thiazole rings is 1. The Morgan fingerprint density at radius 1 is 1.10 bits per heavy atom. The lowest BCUT2D eigenvalue weighted by Crippen LogP contribution is -2.17. The van der Waals surface area contributed by atoms with Gasteiger partial charge in [-0.2, -0.15) is 5.10 Å². The van der Waals surface area contributed by atoms with Crippen molar-refractivity contribution in [1.29, 1.82) is 0 Å². The Kier molecular flexibility index (Phi) is 5.06. The highest BCUT2D eigenvalue weighted by molar-refractivity contribution is 7.13. The third-order valence-corrected chi connectivity index (χ3v) is 5.49. The van der Waals surface area contributed by atoms with Crippen molar-refractivity contribution in [1.82, 2.24) is 15.2 Å². The summed E-state index contributed by atoms with van der Waals surface area (Å²) < 4.78 is 14.4. The fraction of sp³-hybridized carbons (Fsp3) is 0.250. The molecule has 2 aromatic heterocycles. The van der Waals surface area contributed by atoms with Crippen LogP contribution in [0.2, 0.25) is 0 Å². The Labute approximate surface area is 170 Å². The molecule has 1 fully saturated rings. The molecule has 0 saturated heterocycles. The quantitative estimate of drug-likeness (QED) is 0.660. The summed E-state index contributed by atoms with van der Waals surface area (Å²) in [5.41, 5.74) is 1.55. The highest BCUT2D eigenvalue weighted by Gasteiger charge is 2.25. The van der Waals surface area contributed by atoms with Crippen LogP contribution in [0.3, 0.4) is 0 Å². The van der Waals surface area contributed by atoms with Crippen molar-refractivity contribution in [3.63, 3.8) is 0 Å². The van der Waals surface area contributed by atoms with Gasteiger partial charge in [0.2, 0.25) is 0 Å². The molecule has 4 rings (SSSR count). The van der Waals surface area contributed by atoms with Gasteiger partial charge in [0.05, 0.1) is 22.5 Å². The lowest BCUT2D eigenvalue weighted by Gasteiger charge is -2.11. The van der Waals surface area contributed by atoms with Crippen LogP contribution in [0.5, 0.6) is 0 Å². The number of halogens is 1. The minimum absolute atomic E-state index is 0.195. The fourth-order valence-corrected chi connectivity index (χ4v) is 3.49. The highest BCUT2D eigenvalue weighted by atomic mass is 32.1. The summed E-state index contributed by atoms with van der Waals surface area (Å²) in [5.74, 6) is -1.02. The lowest BCUT2D eigenvalue weighted by atomic mass is 10.1. The van der Waals surface area contributed by atoms with Crippen LogP contribution in [0.1, 0.15) is 55.1 Å². The molecule has 0 unspecified atom stereocenters. The highest BCUT2D eigenvalue weighted by Crippen LogP contribution is 2.38. The van der Waals surface area contributed by atoms with E-state index in [1.807, 2.05) is 6.07 Å². The van der Waals surface area contributed by atoms with Gasteiger partial charge in [-0.15, -0.1) is 16.4 Å². The monoisotopic (exact) mass is 411 g/mol. The number of aryl methyl sites for hydroxylation is 2. The fourth-order valence-electron chi connectivity index (χ4n) is 2.82. The van der Waals surface area contributed by atoms with E-state index in [1.54, 1.807) is 19.9 Å². The summed E-state index contributed by atoms with van der Waals surface area (Å²) in [4.78, 5) is 29.4.